The van der Waals surface area contributed by atoms with Gasteiger partial charge in [0.25, 0.3) is 5.91 Å². The molecule has 0 bridgehead atoms. The molecule has 0 spiro atoms. The van der Waals surface area contributed by atoms with Gasteiger partial charge in [0.1, 0.15) is 5.75 Å². The lowest BCUT2D eigenvalue weighted by Crippen LogP contribution is -2.20. The average molecular weight is 485 g/mol. The molecule has 33 heavy (non-hydrogen) atoms. The van der Waals surface area contributed by atoms with Crippen molar-refractivity contribution in [2.24, 2.45) is 0 Å². The van der Waals surface area contributed by atoms with Gasteiger partial charge in [-0.25, -0.2) is 4.98 Å². The highest BCUT2D eigenvalue weighted by atomic mass is 32.2. The number of rotatable bonds is 10. The maximum absolute atomic E-state index is 12.1. The maximum Gasteiger partial charge on any atom is 0.264 e. The number of carbonyl (C=O) groups is 3. The Kier molecular flexibility index (Phi) is 8.85. The number of hydrogen-bond acceptors (Lipinski definition) is 7. The van der Waals surface area contributed by atoms with Crippen LogP contribution in [0.4, 0.5) is 16.5 Å². The smallest absolute Gasteiger partial charge is 0.264 e. The summed E-state index contributed by atoms with van der Waals surface area (Å²) in [5.74, 6) is 0.878. The van der Waals surface area contributed by atoms with E-state index < -0.39 is 0 Å². The van der Waals surface area contributed by atoms with Gasteiger partial charge in [-0.05, 0) is 48.9 Å². The molecular formula is C23H24N4O4S2. The summed E-state index contributed by atoms with van der Waals surface area (Å²) in [6.07, 6.45) is 0. The van der Waals surface area contributed by atoms with E-state index in [4.69, 9.17) is 4.74 Å². The minimum absolute atomic E-state index is 0.0981. The van der Waals surface area contributed by atoms with Crippen LogP contribution in [0.15, 0.2) is 53.9 Å². The predicted octanol–water partition coefficient (Wildman–Crippen LogP) is 4.30. The minimum atomic E-state index is -0.283. The molecule has 3 N–H and O–H groups in total. The molecule has 3 amide bonds. The third-order valence-electron chi connectivity index (χ3n) is 4.13. The molecule has 0 saturated heterocycles. The molecule has 8 nitrogen and oxygen atoms in total. The number of hydrogen-bond donors (Lipinski definition) is 3. The molecule has 0 atom stereocenters. The second-order valence-electron chi connectivity index (χ2n) is 7.10. The Morgan fingerprint density at radius 2 is 1.73 bits per heavy atom. The fraction of sp³-hybridized carbons (Fsp3) is 0.217. The first-order valence-corrected chi connectivity index (χ1v) is 12.1. The van der Waals surface area contributed by atoms with Gasteiger partial charge >= 0.3 is 0 Å². The number of amides is 3. The molecule has 0 aliphatic heterocycles. The van der Waals surface area contributed by atoms with Crippen LogP contribution < -0.4 is 20.7 Å². The van der Waals surface area contributed by atoms with Gasteiger partial charge in [0.15, 0.2) is 11.7 Å². The number of ether oxygens (including phenoxy) is 1. The standard InChI is InChI=1S/C23H24N4O4S2/c1-15-4-3-5-20(10-15)31-11-21(29)27-23-26-19(13-33-23)12-32-14-22(30)25-18-8-6-17(7-9-18)24-16(2)28/h3-10,13H,11-12,14H2,1-2H3,(H,24,28)(H,25,30)(H,26,27,29). The van der Waals surface area contributed by atoms with Crippen molar-refractivity contribution in [3.8, 4) is 5.75 Å². The molecule has 172 valence electrons. The van der Waals surface area contributed by atoms with E-state index in [0.717, 1.165) is 11.3 Å². The van der Waals surface area contributed by atoms with Crippen LogP contribution in [-0.4, -0.2) is 35.1 Å². The number of nitrogens with one attached hydrogen (secondary N) is 3. The van der Waals surface area contributed by atoms with Gasteiger partial charge in [-0.2, -0.15) is 0 Å². The van der Waals surface area contributed by atoms with Gasteiger partial charge in [0, 0.05) is 29.4 Å². The molecule has 0 unspecified atom stereocenters. The number of thioether (sulfide) groups is 1. The first-order valence-electron chi connectivity index (χ1n) is 10.1. The summed E-state index contributed by atoms with van der Waals surface area (Å²) in [6.45, 7) is 3.30. The molecule has 0 aliphatic rings. The molecule has 1 aromatic heterocycles. The van der Waals surface area contributed by atoms with Crippen molar-refractivity contribution in [1.82, 2.24) is 4.98 Å². The topological polar surface area (TPSA) is 109 Å². The van der Waals surface area contributed by atoms with E-state index in [2.05, 4.69) is 20.9 Å². The summed E-state index contributed by atoms with van der Waals surface area (Å²) < 4.78 is 5.49. The van der Waals surface area contributed by atoms with Crippen molar-refractivity contribution in [3.05, 3.63) is 65.2 Å². The molecule has 0 saturated carbocycles. The monoisotopic (exact) mass is 484 g/mol. The number of benzene rings is 2. The van der Waals surface area contributed by atoms with E-state index in [1.54, 1.807) is 30.3 Å². The third-order valence-corrected chi connectivity index (χ3v) is 5.90. The Morgan fingerprint density at radius 1 is 1.00 bits per heavy atom. The van der Waals surface area contributed by atoms with Gasteiger partial charge in [-0.1, -0.05) is 12.1 Å². The Labute approximate surface area is 200 Å². The van der Waals surface area contributed by atoms with Crippen molar-refractivity contribution >= 4 is 57.3 Å². The van der Waals surface area contributed by atoms with E-state index in [0.29, 0.717) is 28.0 Å². The summed E-state index contributed by atoms with van der Waals surface area (Å²) in [5, 5.41) is 10.5. The summed E-state index contributed by atoms with van der Waals surface area (Å²) >= 11 is 2.75. The Balaban J connectivity index is 1.36. The Morgan fingerprint density at radius 3 is 2.42 bits per heavy atom. The highest BCUT2D eigenvalue weighted by molar-refractivity contribution is 7.99. The van der Waals surface area contributed by atoms with Crippen molar-refractivity contribution in [3.63, 3.8) is 0 Å². The van der Waals surface area contributed by atoms with Crippen molar-refractivity contribution in [2.75, 3.05) is 28.3 Å². The van der Waals surface area contributed by atoms with Crippen LogP contribution in [-0.2, 0) is 20.1 Å². The SMILES string of the molecule is CC(=O)Nc1ccc(NC(=O)CSCc2csc(NC(=O)COc3cccc(C)c3)n2)cc1. The minimum Gasteiger partial charge on any atom is -0.484 e. The van der Waals surface area contributed by atoms with Gasteiger partial charge in [-0.15, -0.1) is 23.1 Å². The number of anilines is 3. The third kappa shape index (κ3) is 8.59. The van der Waals surface area contributed by atoms with Crippen LogP contribution in [0.5, 0.6) is 5.75 Å². The molecule has 1 heterocycles. The molecule has 0 radical (unpaired) electrons. The lowest BCUT2D eigenvalue weighted by atomic mass is 10.2. The first-order chi connectivity index (χ1) is 15.9. The van der Waals surface area contributed by atoms with E-state index >= 15 is 0 Å². The van der Waals surface area contributed by atoms with E-state index in [-0.39, 0.29) is 30.1 Å². The highest BCUT2D eigenvalue weighted by Gasteiger charge is 2.09. The van der Waals surface area contributed by atoms with Gasteiger partial charge in [0.2, 0.25) is 11.8 Å². The Bertz CT molecular complexity index is 1120. The fourth-order valence-electron chi connectivity index (χ4n) is 2.73. The number of nitrogens with zero attached hydrogens (tertiary/aromatic N) is 1. The second-order valence-corrected chi connectivity index (χ2v) is 8.94. The number of aryl methyl sites for hydroxylation is 1. The van der Waals surface area contributed by atoms with E-state index in [1.807, 2.05) is 30.5 Å². The van der Waals surface area contributed by atoms with Crippen LogP contribution in [0.3, 0.4) is 0 Å². The van der Waals surface area contributed by atoms with Crippen LogP contribution in [0, 0.1) is 6.92 Å². The highest BCUT2D eigenvalue weighted by Crippen LogP contribution is 2.20. The van der Waals surface area contributed by atoms with Crippen molar-refractivity contribution in [1.29, 1.82) is 0 Å². The van der Waals surface area contributed by atoms with Gasteiger partial charge < -0.3 is 15.4 Å². The first kappa shape index (κ1) is 24.3. The number of aromatic nitrogens is 1. The van der Waals surface area contributed by atoms with E-state index in [9.17, 15) is 14.4 Å². The summed E-state index contributed by atoms with van der Waals surface area (Å²) in [6, 6.07) is 14.4. The molecule has 10 heteroatoms. The number of thiazole rings is 1. The molecule has 0 fully saturated rings. The van der Waals surface area contributed by atoms with Gasteiger partial charge in [0.05, 0.1) is 11.4 Å². The summed E-state index contributed by atoms with van der Waals surface area (Å²) in [5.41, 5.74) is 3.17. The number of carbonyl (C=O) groups excluding carboxylic acids is 3. The normalized spacial score (nSPS) is 10.4. The molecule has 2 aromatic carbocycles. The second kappa shape index (κ2) is 12.0. The summed E-state index contributed by atoms with van der Waals surface area (Å²) in [7, 11) is 0. The largest absolute Gasteiger partial charge is 0.484 e. The lowest BCUT2D eigenvalue weighted by molar-refractivity contribution is -0.118. The Hall–Kier alpha value is -3.37. The zero-order valence-electron chi connectivity index (χ0n) is 18.2. The van der Waals surface area contributed by atoms with Crippen LogP contribution >= 0.6 is 23.1 Å². The van der Waals surface area contributed by atoms with Crippen molar-refractivity contribution in [2.45, 2.75) is 19.6 Å². The van der Waals surface area contributed by atoms with Crippen molar-refractivity contribution < 1.29 is 19.1 Å². The lowest BCUT2D eigenvalue weighted by Gasteiger charge is -2.07. The average Bonchev–Trinajstić information content (AvgIpc) is 3.20. The van der Waals surface area contributed by atoms with Crippen LogP contribution in [0.25, 0.3) is 0 Å². The zero-order valence-corrected chi connectivity index (χ0v) is 19.8. The molecule has 3 aromatic rings. The van der Waals surface area contributed by atoms with Crippen LogP contribution in [0.1, 0.15) is 18.2 Å². The van der Waals surface area contributed by atoms with Gasteiger partial charge in [-0.3, -0.25) is 19.7 Å². The van der Waals surface area contributed by atoms with E-state index in [1.165, 1.54) is 30.0 Å². The predicted molar refractivity (Wildman–Crippen MR) is 133 cm³/mol. The quantitative estimate of drug-likeness (QED) is 0.396. The zero-order chi connectivity index (χ0) is 23.6. The molecule has 3 rings (SSSR count). The summed E-state index contributed by atoms with van der Waals surface area (Å²) in [4.78, 5) is 39.6. The van der Waals surface area contributed by atoms with Crippen LogP contribution in [0.2, 0.25) is 0 Å². The maximum atomic E-state index is 12.1. The molecule has 0 aliphatic carbocycles. The molecular weight excluding hydrogens is 460 g/mol. The fourth-order valence-corrected chi connectivity index (χ4v) is 4.27.